The van der Waals surface area contributed by atoms with Gasteiger partial charge in [0.1, 0.15) is 10.2 Å². The maximum Gasteiger partial charge on any atom is 0.325 e. The van der Waals surface area contributed by atoms with Gasteiger partial charge in [0.25, 0.3) is 0 Å². The van der Waals surface area contributed by atoms with E-state index >= 15 is 4.39 Å². The molecule has 2 aromatic heterocycles. The number of hydrogen-bond acceptors (Lipinski definition) is 4. The molecule has 5 nitrogen and oxygen atoms in total. The molecule has 0 unspecified atom stereocenters. The molecule has 2 heterocycles. The average molecular weight is 566 g/mol. The van der Waals surface area contributed by atoms with E-state index in [-0.39, 0.29) is 6.54 Å². The lowest BCUT2D eigenvalue weighted by atomic mass is 9.92. The van der Waals surface area contributed by atoms with E-state index in [0.717, 1.165) is 45.8 Å². The van der Waals surface area contributed by atoms with E-state index in [1.54, 1.807) is 29.1 Å². The third kappa shape index (κ3) is 5.99. The molecule has 0 saturated heterocycles. The third-order valence-electron chi connectivity index (χ3n) is 5.01. The summed E-state index contributed by atoms with van der Waals surface area (Å²) in [4.78, 5) is 12.1. The number of thiophene rings is 1. The van der Waals surface area contributed by atoms with Gasteiger partial charge >= 0.3 is 6.03 Å². The Morgan fingerprint density at radius 3 is 2.73 bits per heavy atom. The van der Waals surface area contributed by atoms with Gasteiger partial charge in [-0.3, -0.25) is 9.40 Å². The van der Waals surface area contributed by atoms with Crippen LogP contribution in [0, 0.1) is 0 Å². The van der Waals surface area contributed by atoms with E-state index in [1.807, 2.05) is 6.07 Å². The fraction of sp³-hybridized carbons (Fsp3) is 0.238. The Hall–Kier alpha value is -1.42. The fourth-order valence-corrected chi connectivity index (χ4v) is 6.26. The lowest BCUT2D eigenvalue weighted by molar-refractivity contribution is 0.246. The molecule has 0 saturated carbocycles. The molecule has 0 atom stereocenters. The number of allylic oxidation sites excluding steroid dienone is 1. The third-order valence-corrected chi connectivity index (χ3v) is 8.36. The number of nitrogens with zero attached hydrogens (tertiary/aromatic N) is 2. The van der Waals surface area contributed by atoms with Crippen LogP contribution in [0.4, 0.5) is 9.18 Å². The first-order valence-corrected chi connectivity index (χ1v) is 13.0. The standard InChI is InChI=1S/C21H17Cl4FN4OS2/c22-13-5-4-12(15(23)6-13)10-30-19-11(8-28-30)2-1-3-14(19)17(26)9-27-21(31)29-33-18-7-16(24)20(25)32-18/h4-8H,1-3,9-10H2,(H2,27,29,31)/b17-14+. The molecule has 2 N–H and O–H groups in total. The molecule has 12 heteroatoms. The summed E-state index contributed by atoms with van der Waals surface area (Å²) in [5.41, 5.74) is 3.09. The van der Waals surface area contributed by atoms with Crippen molar-refractivity contribution < 1.29 is 9.18 Å². The maximum absolute atomic E-state index is 15.2. The van der Waals surface area contributed by atoms with E-state index in [1.165, 1.54) is 11.3 Å². The van der Waals surface area contributed by atoms with Crippen LogP contribution in [0.2, 0.25) is 19.4 Å². The number of fused-ring (bicyclic) bond motifs is 1. The van der Waals surface area contributed by atoms with E-state index in [0.29, 0.717) is 37.9 Å². The Morgan fingerprint density at radius 1 is 1.18 bits per heavy atom. The second-order valence-electron chi connectivity index (χ2n) is 7.22. The molecule has 33 heavy (non-hydrogen) atoms. The predicted molar refractivity (Wildman–Crippen MR) is 135 cm³/mol. The van der Waals surface area contributed by atoms with Crippen molar-refractivity contribution in [1.29, 1.82) is 0 Å². The predicted octanol–water partition coefficient (Wildman–Crippen LogP) is 7.63. The Morgan fingerprint density at radius 2 is 2.00 bits per heavy atom. The summed E-state index contributed by atoms with van der Waals surface area (Å²) in [5.74, 6) is -0.401. The second-order valence-corrected chi connectivity index (χ2v) is 11.2. The molecule has 1 aliphatic carbocycles. The number of urea groups is 1. The number of benzene rings is 1. The van der Waals surface area contributed by atoms with Gasteiger partial charge in [0, 0.05) is 15.6 Å². The molecule has 1 aromatic carbocycles. The van der Waals surface area contributed by atoms with Crippen LogP contribution in [0.3, 0.4) is 0 Å². The second kappa shape index (κ2) is 10.9. The van der Waals surface area contributed by atoms with Crippen LogP contribution in [0.25, 0.3) is 5.57 Å². The van der Waals surface area contributed by atoms with Gasteiger partial charge in [0.2, 0.25) is 0 Å². The van der Waals surface area contributed by atoms with Gasteiger partial charge in [-0.05, 0) is 60.5 Å². The summed E-state index contributed by atoms with van der Waals surface area (Å²) in [5, 5.41) is 8.50. The number of carbonyl (C=O) groups is 1. The van der Waals surface area contributed by atoms with E-state index in [9.17, 15) is 4.79 Å². The van der Waals surface area contributed by atoms with Gasteiger partial charge in [0.05, 0.1) is 34.2 Å². The lowest BCUT2D eigenvalue weighted by Gasteiger charge is -2.19. The first-order valence-electron chi connectivity index (χ1n) is 9.84. The van der Waals surface area contributed by atoms with Crippen LogP contribution in [-0.2, 0) is 13.0 Å². The molecule has 0 radical (unpaired) electrons. The smallest absolute Gasteiger partial charge is 0.325 e. The number of aromatic nitrogens is 2. The maximum atomic E-state index is 15.2. The van der Waals surface area contributed by atoms with Crippen molar-refractivity contribution in [1.82, 2.24) is 19.8 Å². The van der Waals surface area contributed by atoms with Crippen LogP contribution >= 0.6 is 69.7 Å². The summed E-state index contributed by atoms with van der Waals surface area (Å²) < 4.78 is 20.7. The summed E-state index contributed by atoms with van der Waals surface area (Å²) in [6.07, 6.45) is 3.95. The van der Waals surface area contributed by atoms with E-state index in [2.05, 4.69) is 15.1 Å². The molecule has 0 aliphatic heterocycles. The zero-order valence-corrected chi connectivity index (χ0v) is 21.6. The molecule has 0 bridgehead atoms. The Bertz CT molecular complexity index is 1210. The largest absolute Gasteiger partial charge is 0.331 e. The molecule has 2 amide bonds. The van der Waals surface area contributed by atoms with Crippen LogP contribution < -0.4 is 10.0 Å². The topological polar surface area (TPSA) is 59.0 Å². The number of rotatable bonds is 6. The van der Waals surface area contributed by atoms with Gasteiger partial charge < -0.3 is 5.32 Å². The highest BCUT2D eigenvalue weighted by Gasteiger charge is 2.24. The summed E-state index contributed by atoms with van der Waals surface area (Å²) >= 11 is 26.4. The van der Waals surface area contributed by atoms with Crippen molar-refractivity contribution in [3.8, 4) is 0 Å². The van der Waals surface area contributed by atoms with Crippen LogP contribution in [0.1, 0.15) is 29.7 Å². The Kier molecular flexibility index (Phi) is 8.15. The highest BCUT2D eigenvalue weighted by molar-refractivity contribution is 7.99. The molecule has 0 fully saturated rings. The highest BCUT2D eigenvalue weighted by Crippen LogP contribution is 2.36. The first-order chi connectivity index (χ1) is 15.8. The normalized spacial score (nSPS) is 14.7. The van der Waals surface area contributed by atoms with Crippen molar-refractivity contribution in [3.63, 3.8) is 0 Å². The van der Waals surface area contributed by atoms with Crippen molar-refractivity contribution in [2.45, 2.75) is 30.0 Å². The van der Waals surface area contributed by atoms with Crippen molar-refractivity contribution in [2.75, 3.05) is 6.54 Å². The van der Waals surface area contributed by atoms with Crippen LogP contribution in [0.15, 0.2) is 40.5 Å². The molecule has 3 aromatic rings. The van der Waals surface area contributed by atoms with Crippen molar-refractivity contribution >= 4 is 81.3 Å². The first kappa shape index (κ1) is 24.7. The van der Waals surface area contributed by atoms with Gasteiger partial charge in [-0.15, -0.1) is 11.3 Å². The molecule has 1 aliphatic rings. The monoisotopic (exact) mass is 564 g/mol. The zero-order valence-electron chi connectivity index (χ0n) is 16.9. The number of hydrogen-bond donors (Lipinski definition) is 2. The summed E-state index contributed by atoms with van der Waals surface area (Å²) in [6, 6.07) is 6.39. The SMILES string of the molecule is O=C(NC/C(F)=C1/CCCc2cnn(Cc3ccc(Cl)cc3Cl)c21)NSc1cc(Cl)c(Cl)s1. The Labute approximate surface area is 218 Å². The van der Waals surface area contributed by atoms with Crippen LogP contribution in [0.5, 0.6) is 0 Å². The van der Waals surface area contributed by atoms with Gasteiger partial charge in [-0.1, -0.05) is 52.5 Å². The highest BCUT2D eigenvalue weighted by atomic mass is 35.5. The quantitative estimate of drug-likeness (QED) is 0.302. The lowest BCUT2D eigenvalue weighted by Crippen LogP contribution is -2.32. The van der Waals surface area contributed by atoms with Gasteiger partial charge in [0.15, 0.2) is 0 Å². The summed E-state index contributed by atoms with van der Waals surface area (Å²) in [6.45, 7) is 0.151. The number of aryl methyl sites for hydroxylation is 1. The minimum Gasteiger partial charge on any atom is -0.331 e. The number of amides is 2. The number of carbonyl (C=O) groups excluding carboxylic acids is 1. The summed E-state index contributed by atoms with van der Waals surface area (Å²) in [7, 11) is 0. The van der Waals surface area contributed by atoms with E-state index < -0.39 is 11.9 Å². The van der Waals surface area contributed by atoms with Gasteiger partial charge in [-0.25, -0.2) is 9.18 Å². The fourth-order valence-electron chi connectivity index (χ4n) is 3.50. The Balaban J connectivity index is 1.45. The molecule has 4 rings (SSSR count). The molecule has 0 spiro atoms. The average Bonchev–Trinajstić information content (AvgIpc) is 3.34. The molecule has 174 valence electrons. The van der Waals surface area contributed by atoms with Crippen molar-refractivity contribution in [3.05, 3.63) is 72.5 Å². The minimum absolute atomic E-state index is 0.236. The molecular weight excluding hydrogens is 549 g/mol. The van der Waals surface area contributed by atoms with Crippen molar-refractivity contribution in [2.24, 2.45) is 0 Å². The minimum atomic E-state index is -0.520. The van der Waals surface area contributed by atoms with E-state index in [4.69, 9.17) is 46.4 Å². The van der Waals surface area contributed by atoms with Crippen LogP contribution in [-0.4, -0.2) is 22.4 Å². The number of halogens is 5. The zero-order chi connectivity index (χ0) is 23.5. The molecular formula is C21H17Cl4FN4OS2. The number of nitrogens with one attached hydrogen (secondary N) is 2. The van der Waals surface area contributed by atoms with Gasteiger partial charge in [-0.2, -0.15) is 5.10 Å².